The number of aliphatic carboxylic acids is 1. The standard InChI is InChI=1S/C16H28N2O4/c1-11(2)12-7-18(9-14(19)20)8-13(12)17-15(21)16(10-22-3)5-4-6-16/h11-13H,4-10H2,1-3H3,(H,17,21)(H,19,20)/t12-,13+/m0/s1. The second-order valence-corrected chi connectivity index (χ2v) is 7.14. The largest absolute Gasteiger partial charge is 0.480 e. The second kappa shape index (κ2) is 6.96. The van der Waals surface area contributed by atoms with Crippen LogP contribution >= 0.6 is 0 Å². The van der Waals surface area contributed by atoms with Gasteiger partial charge in [-0.2, -0.15) is 0 Å². The molecule has 0 spiro atoms. The van der Waals surface area contributed by atoms with Gasteiger partial charge in [-0.3, -0.25) is 14.5 Å². The summed E-state index contributed by atoms with van der Waals surface area (Å²) in [6, 6.07) is 0.0289. The molecule has 1 aliphatic carbocycles. The molecular weight excluding hydrogens is 284 g/mol. The Bertz CT molecular complexity index is 420. The number of ether oxygens (including phenoxy) is 1. The molecule has 2 atom stereocenters. The molecule has 126 valence electrons. The van der Waals surface area contributed by atoms with Gasteiger partial charge >= 0.3 is 5.97 Å². The topological polar surface area (TPSA) is 78.9 Å². The van der Waals surface area contributed by atoms with E-state index in [2.05, 4.69) is 19.2 Å². The Morgan fingerprint density at radius 1 is 1.36 bits per heavy atom. The predicted molar refractivity (Wildman–Crippen MR) is 82.5 cm³/mol. The Balaban J connectivity index is 1.99. The van der Waals surface area contributed by atoms with Crippen LogP contribution in [0.4, 0.5) is 0 Å². The van der Waals surface area contributed by atoms with Crippen LogP contribution in [0, 0.1) is 17.3 Å². The van der Waals surface area contributed by atoms with Gasteiger partial charge in [0, 0.05) is 26.2 Å². The Hall–Kier alpha value is -1.14. The SMILES string of the molecule is COCC1(C(=O)N[C@@H]2CN(CC(=O)O)C[C@H]2C(C)C)CCC1. The lowest BCUT2D eigenvalue weighted by Gasteiger charge is -2.40. The summed E-state index contributed by atoms with van der Waals surface area (Å²) in [7, 11) is 1.63. The van der Waals surface area contributed by atoms with Gasteiger partial charge in [-0.1, -0.05) is 20.3 Å². The molecule has 0 unspecified atom stereocenters. The third-order valence-corrected chi connectivity index (χ3v) is 5.19. The van der Waals surface area contributed by atoms with Gasteiger partial charge in [-0.25, -0.2) is 0 Å². The lowest BCUT2D eigenvalue weighted by molar-refractivity contribution is -0.141. The number of nitrogens with one attached hydrogen (secondary N) is 1. The average Bonchev–Trinajstić information content (AvgIpc) is 2.75. The van der Waals surface area contributed by atoms with E-state index in [0.717, 1.165) is 25.8 Å². The van der Waals surface area contributed by atoms with E-state index in [1.165, 1.54) is 0 Å². The fourth-order valence-corrected chi connectivity index (χ4v) is 3.70. The van der Waals surface area contributed by atoms with Crippen molar-refractivity contribution in [2.45, 2.75) is 39.2 Å². The Kier molecular flexibility index (Phi) is 5.45. The van der Waals surface area contributed by atoms with Gasteiger partial charge < -0.3 is 15.2 Å². The molecule has 1 aliphatic heterocycles. The van der Waals surface area contributed by atoms with Crippen molar-refractivity contribution in [1.82, 2.24) is 10.2 Å². The summed E-state index contributed by atoms with van der Waals surface area (Å²) >= 11 is 0. The van der Waals surface area contributed by atoms with Crippen LogP contribution in [0.5, 0.6) is 0 Å². The number of hydrogen-bond donors (Lipinski definition) is 2. The number of nitrogens with zero attached hydrogens (tertiary/aromatic N) is 1. The summed E-state index contributed by atoms with van der Waals surface area (Å²) in [6.07, 6.45) is 2.83. The maximum Gasteiger partial charge on any atom is 0.317 e. The molecule has 1 heterocycles. The van der Waals surface area contributed by atoms with E-state index in [-0.39, 0.29) is 23.9 Å². The minimum atomic E-state index is -0.815. The van der Waals surface area contributed by atoms with Crippen molar-refractivity contribution < 1.29 is 19.4 Å². The molecule has 22 heavy (non-hydrogen) atoms. The van der Waals surface area contributed by atoms with Crippen molar-refractivity contribution in [3.05, 3.63) is 0 Å². The van der Waals surface area contributed by atoms with Crippen molar-refractivity contribution in [1.29, 1.82) is 0 Å². The van der Waals surface area contributed by atoms with Crippen molar-refractivity contribution in [3.63, 3.8) is 0 Å². The summed E-state index contributed by atoms with van der Waals surface area (Å²) in [4.78, 5) is 25.5. The minimum Gasteiger partial charge on any atom is -0.480 e. The summed E-state index contributed by atoms with van der Waals surface area (Å²) in [5.41, 5.74) is -0.365. The van der Waals surface area contributed by atoms with Gasteiger partial charge in [0.1, 0.15) is 0 Å². The smallest absolute Gasteiger partial charge is 0.317 e. The predicted octanol–water partition coefficient (Wildman–Crippen LogP) is 0.960. The Labute approximate surface area is 132 Å². The highest BCUT2D eigenvalue weighted by Crippen LogP contribution is 2.41. The number of amides is 1. The highest BCUT2D eigenvalue weighted by Gasteiger charge is 2.46. The fraction of sp³-hybridized carbons (Fsp3) is 0.875. The zero-order chi connectivity index (χ0) is 16.3. The van der Waals surface area contributed by atoms with Crippen molar-refractivity contribution in [2.24, 2.45) is 17.3 Å². The van der Waals surface area contributed by atoms with Crippen LogP contribution in [-0.2, 0) is 14.3 Å². The maximum atomic E-state index is 12.7. The number of carboxylic acid groups (broad SMARTS) is 1. The molecular formula is C16H28N2O4. The molecule has 1 amide bonds. The lowest BCUT2D eigenvalue weighted by atomic mass is 9.68. The van der Waals surface area contributed by atoms with Crippen LogP contribution < -0.4 is 5.32 Å². The minimum absolute atomic E-state index is 0.0289. The molecule has 0 aromatic heterocycles. The quantitative estimate of drug-likeness (QED) is 0.732. The number of rotatable bonds is 7. The van der Waals surface area contributed by atoms with Crippen molar-refractivity contribution in [2.75, 3.05) is 33.4 Å². The third kappa shape index (κ3) is 3.60. The van der Waals surface area contributed by atoms with E-state index >= 15 is 0 Å². The van der Waals surface area contributed by atoms with Crippen LogP contribution in [-0.4, -0.2) is 61.3 Å². The lowest BCUT2D eigenvalue weighted by Crippen LogP contribution is -2.53. The molecule has 2 rings (SSSR count). The van der Waals surface area contributed by atoms with Crippen LogP contribution in [0.3, 0.4) is 0 Å². The monoisotopic (exact) mass is 312 g/mol. The fourth-order valence-electron chi connectivity index (χ4n) is 3.70. The third-order valence-electron chi connectivity index (χ3n) is 5.19. The summed E-state index contributed by atoms with van der Waals surface area (Å²) < 4.78 is 5.23. The highest BCUT2D eigenvalue weighted by molar-refractivity contribution is 5.84. The average molecular weight is 312 g/mol. The number of methoxy groups -OCH3 is 1. The van der Waals surface area contributed by atoms with E-state index in [0.29, 0.717) is 25.0 Å². The Morgan fingerprint density at radius 2 is 2.05 bits per heavy atom. The first kappa shape index (κ1) is 17.2. The molecule has 1 saturated heterocycles. The number of carbonyl (C=O) groups is 2. The van der Waals surface area contributed by atoms with Gasteiger partial charge in [0.25, 0.3) is 0 Å². The summed E-state index contributed by atoms with van der Waals surface area (Å²) in [6.45, 7) is 6.11. The number of likely N-dealkylation sites (tertiary alicyclic amines) is 1. The first-order valence-electron chi connectivity index (χ1n) is 8.12. The first-order chi connectivity index (χ1) is 10.4. The van der Waals surface area contributed by atoms with E-state index in [4.69, 9.17) is 9.84 Å². The van der Waals surface area contributed by atoms with E-state index in [9.17, 15) is 9.59 Å². The first-order valence-corrected chi connectivity index (χ1v) is 8.12. The van der Waals surface area contributed by atoms with Crippen molar-refractivity contribution in [3.8, 4) is 0 Å². The van der Waals surface area contributed by atoms with E-state index < -0.39 is 5.97 Å². The van der Waals surface area contributed by atoms with Crippen LogP contribution in [0.1, 0.15) is 33.1 Å². The normalized spacial score (nSPS) is 27.6. The van der Waals surface area contributed by atoms with Crippen LogP contribution in [0.25, 0.3) is 0 Å². The zero-order valence-electron chi connectivity index (χ0n) is 13.8. The van der Waals surface area contributed by atoms with Gasteiger partial charge in [0.2, 0.25) is 5.91 Å². The number of carbonyl (C=O) groups excluding carboxylic acids is 1. The molecule has 2 N–H and O–H groups in total. The maximum absolute atomic E-state index is 12.7. The molecule has 0 aromatic rings. The number of carboxylic acids is 1. The van der Waals surface area contributed by atoms with Crippen LogP contribution in [0.15, 0.2) is 0 Å². The molecule has 2 fully saturated rings. The van der Waals surface area contributed by atoms with Crippen LogP contribution in [0.2, 0.25) is 0 Å². The second-order valence-electron chi connectivity index (χ2n) is 7.14. The Morgan fingerprint density at radius 3 is 2.50 bits per heavy atom. The molecule has 6 heteroatoms. The van der Waals surface area contributed by atoms with E-state index in [1.807, 2.05) is 4.90 Å². The molecule has 0 bridgehead atoms. The zero-order valence-corrected chi connectivity index (χ0v) is 13.8. The molecule has 2 aliphatic rings. The van der Waals surface area contributed by atoms with Crippen molar-refractivity contribution >= 4 is 11.9 Å². The highest BCUT2D eigenvalue weighted by atomic mass is 16.5. The summed E-state index contributed by atoms with van der Waals surface area (Å²) in [5.74, 6) is -0.0374. The van der Waals surface area contributed by atoms with Gasteiger partial charge in [0.05, 0.1) is 18.6 Å². The number of hydrogen-bond acceptors (Lipinski definition) is 4. The molecule has 1 saturated carbocycles. The van der Waals surface area contributed by atoms with E-state index in [1.54, 1.807) is 7.11 Å². The summed E-state index contributed by atoms with van der Waals surface area (Å²) in [5, 5.41) is 12.2. The molecule has 6 nitrogen and oxygen atoms in total. The van der Waals surface area contributed by atoms with Gasteiger partial charge in [-0.05, 0) is 24.7 Å². The molecule has 0 radical (unpaired) electrons. The van der Waals surface area contributed by atoms with Gasteiger partial charge in [-0.15, -0.1) is 0 Å². The van der Waals surface area contributed by atoms with Gasteiger partial charge in [0.15, 0.2) is 0 Å². The molecule has 0 aromatic carbocycles.